The molecule has 25 heavy (non-hydrogen) atoms. The number of aliphatic hydroxyl groups is 1. The van der Waals surface area contributed by atoms with Gasteiger partial charge in [-0.25, -0.2) is 0 Å². The summed E-state index contributed by atoms with van der Waals surface area (Å²) in [5, 5.41) is 15.2. The molecule has 0 aliphatic carbocycles. The second-order valence-electron chi connectivity index (χ2n) is 6.08. The number of amides is 2. The number of carbonyl (C=O) groups excluding carboxylic acids is 2. The quantitative estimate of drug-likeness (QED) is 0.724. The summed E-state index contributed by atoms with van der Waals surface area (Å²) in [7, 11) is 0. The van der Waals surface area contributed by atoms with Crippen LogP contribution in [-0.2, 0) is 9.59 Å². The zero-order valence-corrected chi connectivity index (χ0v) is 14.5. The van der Waals surface area contributed by atoms with Crippen molar-refractivity contribution in [3.8, 4) is 0 Å². The van der Waals surface area contributed by atoms with Crippen LogP contribution in [0.25, 0.3) is 0 Å². The molecule has 2 amide bonds. The third-order valence-corrected chi connectivity index (χ3v) is 3.97. The molecule has 0 fully saturated rings. The van der Waals surface area contributed by atoms with E-state index in [1.807, 2.05) is 61.5 Å². The van der Waals surface area contributed by atoms with Crippen LogP contribution in [0.5, 0.6) is 0 Å². The lowest BCUT2D eigenvalue weighted by Crippen LogP contribution is -2.35. The molecule has 0 spiro atoms. The second-order valence-corrected chi connectivity index (χ2v) is 6.08. The minimum Gasteiger partial charge on any atom is -0.394 e. The molecule has 5 heteroatoms. The lowest BCUT2D eigenvalue weighted by atomic mass is 10.0. The third-order valence-electron chi connectivity index (χ3n) is 3.97. The van der Waals surface area contributed by atoms with Gasteiger partial charge in [-0.05, 0) is 18.1 Å². The molecule has 2 aromatic carbocycles. The molecule has 3 N–H and O–H groups in total. The van der Waals surface area contributed by atoms with Crippen molar-refractivity contribution in [1.29, 1.82) is 0 Å². The van der Waals surface area contributed by atoms with Gasteiger partial charge in [0.25, 0.3) is 0 Å². The van der Waals surface area contributed by atoms with E-state index in [1.54, 1.807) is 0 Å². The minimum absolute atomic E-state index is 0.103. The molecule has 2 rings (SSSR count). The maximum absolute atomic E-state index is 12.4. The summed E-state index contributed by atoms with van der Waals surface area (Å²) >= 11 is 0. The summed E-state index contributed by atoms with van der Waals surface area (Å²) in [5.41, 5.74) is 2.82. The van der Waals surface area contributed by atoms with Crippen molar-refractivity contribution < 1.29 is 14.7 Å². The van der Waals surface area contributed by atoms with Crippen LogP contribution in [0.1, 0.15) is 42.1 Å². The van der Waals surface area contributed by atoms with Gasteiger partial charge in [0.15, 0.2) is 0 Å². The monoisotopic (exact) mass is 340 g/mol. The molecule has 0 aliphatic heterocycles. The van der Waals surface area contributed by atoms with Crippen molar-refractivity contribution in [3.63, 3.8) is 0 Å². The normalized spacial score (nSPS) is 12.9. The Kier molecular flexibility index (Phi) is 6.71. The predicted octanol–water partition coefficient (Wildman–Crippen LogP) is 2.41. The fourth-order valence-electron chi connectivity index (χ4n) is 2.65. The number of carbonyl (C=O) groups is 2. The predicted molar refractivity (Wildman–Crippen MR) is 96.8 cm³/mol. The lowest BCUT2D eigenvalue weighted by molar-refractivity contribution is -0.123. The molecule has 0 heterocycles. The van der Waals surface area contributed by atoms with E-state index in [2.05, 4.69) is 10.6 Å². The Morgan fingerprint density at radius 2 is 1.52 bits per heavy atom. The van der Waals surface area contributed by atoms with Crippen LogP contribution in [0, 0.1) is 6.92 Å². The van der Waals surface area contributed by atoms with E-state index in [0.717, 1.165) is 16.7 Å². The summed E-state index contributed by atoms with van der Waals surface area (Å²) in [5.74, 6) is -0.428. The van der Waals surface area contributed by atoms with Crippen LogP contribution >= 0.6 is 0 Å². The van der Waals surface area contributed by atoms with Gasteiger partial charge in [0, 0.05) is 6.92 Å². The number of aliphatic hydroxyl groups excluding tert-OH is 1. The summed E-state index contributed by atoms with van der Waals surface area (Å²) in [6.07, 6.45) is 0.103. The van der Waals surface area contributed by atoms with Crippen molar-refractivity contribution >= 4 is 11.8 Å². The highest BCUT2D eigenvalue weighted by atomic mass is 16.3. The van der Waals surface area contributed by atoms with E-state index in [4.69, 9.17) is 0 Å². The number of hydrogen-bond donors (Lipinski definition) is 3. The first-order chi connectivity index (χ1) is 12.0. The molecule has 2 atom stereocenters. The zero-order valence-electron chi connectivity index (χ0n) is 14.5. The number of benzene rings is 2. The fraction of sp³-hybridized carbons (Fsp3) is 0.300. The maximum Gasteiger partial charge on any atom is 0.222 e. The SMILES string of the molecule is CC(=O)NC(CC(=O)NC(CO)c1ccccc1)c1ccc(C)cc1. The standard InChI is InChI=1S/C20H24N2O3/c1-14-8-10-17(11-9-14)18(21-15(2)24)12-20(25)22-19(13-23)16-6-4-3-5-7-16/h3-11,18-19,23H,12-13H2,1-2H3,(H,21,24)(H,22,25). The first kappa shape index (κ1) is 18.7. The van der Waals surface area contributed by atoms with Gasteiger partial charge < -0.3 is 15.7 Å². The van der Waals surface area contributed by atoms with Gasteiger partial charge in [-0.2, -0.15) is 0 Å². The van der Waals surface area contributed by atoms with Crippen LogP contribution in [0.4, 0.5) is 0 Å². The number of aryl methyl sites for hydroxylation is 1. The highest BCUT2D eigenvalue weighted by Crippen LogP contribution is 2.19. The molecule has 0 saturated carbocycles. The molecule has 0 saturated heterocycles. The molecular weight excluding hydrogens is 316 g/mol. The van der Waals surface area contributed by atoms with E-state index in [1.165, 1.54) is 6.92 Å². The summed E-state index contributed by atoms with van der Waals surface area (Å²) < 4.78 is 0. The van der Waals surface area contributed by atoms with Crippen molar-refractivity contribution in [2.24, 2.45) is 0 Å². The Morgan fingerprint density at radius 3 is 2.08 bits per heavy atom. The van der Waals surface area contributed by atoms with Crippen LogP contribution in [0.3, 0.4) is 0 Å². The molecule has 0 radical (unpaired) electrons. The van der Waals surface area contributed by atoms with Gasteiger partial charge in [0.2, 0.25) is 11.8 Å². The average Bonchev–Trinajstić information content (AvgIpc) is 2.60. The average molecular weight is 340 g/mol. The Balaban J connectivity index is 2.08. The largest absolute Gasteiger partial charge is 0.394 e. The number of rotatable bonds is 7. The van der Waals surface area contributed by atoms with Gasteiger partial charge in [-0.1, -0.05) is 60.2 Å². The van der Waals surface area contributed by atoms with Crippen molar-refractivity contribution in [1.82, 2.24) is 10.6 Å². The zero-order chi connectivity index (χ0) is 18.2. The topological polar surface area (TPSA) is 78.4 Å². The van der Waals surface area contributed by atoms with Crippen LogP contribution < -0.4 is 10.6 Å². The van der Waals surface area contributed by atoms with Crippen molar-refractivity contribution in [2.75, 3.05) is 6.61 Å². The Bertz CT molecular complexity index is 699. The van der Waals surface area contributed by atoms with E-state index in [0.29, 0.717) is 0 Å². The van der Waals surface area contributed by atoms with E-state index in [-0.39, 0.29) is 24.8 Å². The molecule has 2 unspecified atom stereocenters. The highest BCUT2D eigenvalue weighted by Gasteiger charge is 2.20. The highest BCUT2D eigenvalue weighted by molar-refractivity contribution is 5.79. The van der Waals surface area contributed by atoms with E-state index < -0.39 is 12.1 Å². The van der Waals surface area contributed by atoms with Crippen LogP contribution in [0.15, 0.2) is 54.6 Å². The van der Waals surface area contributed by atoms with Gasteiger partial charge in [-0.15, -0.1) is 0 Å². The second kappa shape index (κ2) is 8.99. The van der Waals surface area contributed by atoms with Gasteiger partial charge in [-0.3, -0.25) is 9.59 Å². The molecule has 0 bridgehead atoms. The third kappa shape index (κ3) is 5.72. The molecule has 0 aliphatic rings. The van der Waals surface area contributed by atoms with E-state index in [9.17, 15) is 14.7 Å². The van der Waals surface area contributed by atoms with Crippen molar-refractivity contribution in [2.45, 2.75) is 32.4 Å². The van der Waals surface area contributed by atoms with Crippen LogP contribution in [0.2, 0.25) is 0 Å². The van der Waals surface area contributed by atoms with Gasteiger partial charge in [0.1, 0.15) is 0 Å². The van der Waals surface area contributed by atoms with Crippen LogP contribution in [-0.4, -0.2) is 23.5 Å². The lowest BCUT2D eigenvalue weighted by Gasteiger charge is -2.21. The molecule has 5 nitrogen and oxygen atoms in total. The minimum atomic E-state index is -0.468. The van der Waals surface area contributed by atoms with Gasteiger partial charge in [0.05, 0.1) is 25.1 Å². The number of hydrogen-bond acceptors (Lipinski definition) is 3. The summed E-state index contributed by atoms with van der Waals surface area (Å²) in [4.78, 5) is 23.9. The van der Waals surface area contributed by atoms with E-state index >= 15 is 0 Å². The molecule has 2 aromatic rings. The molecule has 0 aromatic heterocycles. The Hall–Kier alpha value is -2.66. The fourth-order valence-corrected chi connectivity index (χ4v) is 2.65. The molecule has 132 valence electrons. The van der Waals surface area contributed by atoms with Crippen molar-refractivity contribution in [3.05, 3.63) is 71.3 Å². The number of nitrogens with one attached hydrogen (secondary N) is 2. The Labute approximate surface area is 148 Å². The molecular formula is C20H24N2O3. The smallest absolute Gasteiger partial charge is 0.222 e. The van der Waals surface area contributed by atoms with Gasteiger partial charge >= 0.3 is 0 Å². The maximum atomic E-state index is 12.4. The first-order valence-corrected chi connectivity index (χ1v) is 8.28. The first-order valence-electron chi connectivity index (χ1n) is 8.28. The summed E-state index contributed by atoms with van der Waals surface area (Å²) in [6.45, 7) is 3.22. The summed E-state index contributed by atoms with van der Waals surface area (Å²) in [6, 6.07) is 16.1. The Morgan fingerprint density at radius 1 is 0.920 bits per heavy atom.